The van der Waals surface area contributed by atoms with Gasteiger partial charge in [0.15, 0.2) is 0 Å². The Kier molecular flexibility index (Phi) is 4.87. The van der Waals surface area contributed by atoms with Gasteiger partial charge in [-0.25, -0.2) is 5.43 Å². The fourth-order valence-electron chi connectivity index (χ4n) is 3.16. The number of rotatable bonds is 5. The highest BCUT2D eigenvalue weighted by atomic mass is 16.5. The third-order valence-electron chi connectivity index (χ3n) is 4.54. The maximum Gasteiger partial charge on any atom is 0.0815 e. The molecule has 116 valence electrons. The van der Waals surface area contributed by atoms with E-state index in [2.05, 4.69) is 40.4 Å². The summed E-state index contributed by atoms with van der Waals surface area (Å²) in [6, 6.07) is 10.8. The van der Waals surface area contributed by atoms with Crippen LogP contribution in [0.4, 0.5) is 0 Å². The van der Waals surface area contributed by atoms with E-state index in [0.717, 1.165) is 25.9 Å². The molecule has 0 aliphatic carbocycles. The van der Waals surface area contributed by atoms with Crippen molar-refractivity contribution in [3.8, 4) is 0 Å². The summed E-state index contributed by atoms with van der Waals surface area (Å²) >= 11 is 0. The number of nitrogens with one attached hydrogen (secondary N) is 3. The monoisotopic (exact) mass is 291 g/mol. The summed E-state index contributed by atoms with van der Waals surface area (Å²) in [6.07, 6.45) is 1.45. The van der Waals surface area contributed by atoms with Crippen molar-refractivity contribution in [1.29, 1.82) is 0 Å². The van der Waals surface area contributed by atoms with Gasteiger partial charge in [-0.3, -0.25) is 5.43 Å². The van der Waals surface area contributed by atoms with Crippen molar-refractivity contribution in [1.82, 2.24) is 16.2 Å². The Bertz CT molecular complexity index is 434. The molecule has 5 nitrogen and oxygen atoms in total. The van der Waals surface area contributed by atoms with Crippen LogP contribution in [-0.4, -0.2) is 43.6 Å². The molecule has 4 N–H and O–H groups in total. The van der Waals surface area contributed by atoms with Gasteiger partial charge in [-0.2, -0.15) is 0 Å². The fraction of sp³-hybridized carbons (Fsp3) is 0.625. The summed E-state index contributed by atoms with van der Waals surface area (Å²) in [6.45, 7) is 3.81. The SMILES string of the molecule is OC1(CNCC2CNNC2c2ccccc2)CCOCC1. The molecule has 2 heterocycles. The third-order valence-corrected chi connectivity index (χ3v) is 4.54. The number of hydrogen-bond donors (Lipinski definition) is 4. The molecular weight excluding hydrogens is 266 g/mol. The van der Waals surface area contributed by atoms with Gasteiger partial charge in [0.25, 0.3) is 0 Å². The first-order chi connectivity index (χ1) is 10.3. The highest BCUT2D eigenvalue weighted by Gasteiger charge is 2.31. The molecule has 1 aromatic rings. The largest absolute Gasteiger partial charge is 0.388 e. The van der Waals surface area contributed by atoms with Crippen LogP contribution in [0.15, 0.2) is 30.3 Å². The third kappa shape index (κ3) is 3.81. The van der Waals surface area contributed by atoms with Gasteiger partial charge in [0, 0.05) is 51.6 Å². The van der Waals surface area contributed by atoms with Gasteiger partial charge in [-0.1, -0.05) is 30.3 Å². The van der Waals surface area contributed by atoms with E-state index in [9.17, 15) is 5.11 Å². The normalized spacial score (nSPS) is 28.6. The Morgan fingerprint density at radius 3 is 2.76 bits per heavy atom. The Balaban J connectivity index is 1.50. The van der Waals surface area contributed by atoms with Crippen LogP contribution >= 0.6 is 0 Å². The van der Waals surface area contributed by atoms with Gasteiger partial charge in [0.2, 0.25) is 0 Å². The first kappa shape index (κ1) is 14.9. The van der Waals surface area contributed by atoms with Crippen LogP contribution < -0.4 is 16.2 Å². The second-order valence-corrected chi connectivity index (χ2v) is 6.14. The minimum absolute atomic E-state index is 0.322. The molecule has 5 heteroatoms. The van der Waals surface area contributed by atoms with Gasteiger partial charge in [-0.05, 0) is 5.56 Å². The molecule has 0 saturated carbocycles. The van der Waals surface area contributed by atoms with Crippen LogP contribution in [0.2, 0.25) is 0 Å². The number of aliphatic hydroxyl groups is 1. The zero-order chi connectivity index (χ0) is 14.5. The number of hydrogen-bond acceptors (Lipinski definition) is 5. The predicted octanol–water partition coefficient (Wildman–Crippen LogP) is 0.583. The summed E-state index contributed by atoms with van der Waals surface area (Å²) in [5.74, 6) is 0.482. The van der Waals surface area contributed by atoms with Crippen molar-refractivity contribution in [2.24, 2.45) is 5.92 Å². The lowest BCUT2D eigenvalue weighted by Gasteiger charge is -2.32. The van der Waals surface area contributed by atoms with Crippen molar-refractivity contribution < 1.29 is 9.84 Å². The molecule has 3 rings (SSSR count). The lowest BCUT2D eigenvalue weighted by molar-refractivity contribution is -0.0618. The first-order valence-electron chi connectivity index (χ1n) is 7.81. The minimum Gasteiger partial charge on any atom is -0.388 e. The van der Waals surface area contributed by atoms with Gasteiger partial charge in [0.05, 0.1) is 11.6 Å². The highest BCUT2D eigenvalue weighted by Crippen LogP contribution is 2.24. The zero-order valence-electron chi connectivity index (χ0n) is 12.3. The number of benzene rings is 1. The quantitative estimate of drug-likeness (QED) is 0.639. The smallest absolute Gasteiger partial charge is 0.0815 e. The second kappa shape index (κ2) is 6.85. The van der Waals surface area contributed by atoms with Gasteiger partial charge >= 0.3 is 0 Å². The van der Waals surface area contributed by atoms with Crippen molar-refractivity contribution in [3.63, 3.8) is 0 Å². The summed E-state index contributed by atoms with van der Waals surface area (Å²) < 4.78 is 5.31. The Morgan fingerprint density at radius 2 is 2.00 bits per heavy atom. The first-order valence-corrected chi connectivity index (χ1v) is 7.81. The number of hydrazine groups is 1. The highest BCUT2D eigenvalue weighted by molar-refractivity contribution is 5.20. The molecule has 1 aromatic carbocycles. The molecule has 2 fully saturated rings. The Hall–Kier alpha value is -0.980. The van der Waals surface area contributed by atoms with Crippen molar-refractivity contribution in [2.45, 2.75) is 24.5 Å². The topological polar surface area (TPSA) is 65.5 Å². The minimum atomic E-state index is -0.597. The predicted molar refractivity (Wildman–Crippen MR) is 81.7 cm³/mol. The van der Waals surface area contributed by atoms with Crippen LogP contribution in [0.1, 0.15) is 24.4 Å². The van der Waals surface area contributed by atoms with Crippen molar-refractivity contribution in [3.05, 3.63) is 35.9 Å². The Morgan fingerprint density at radius 1 is 1.24 bits per heavy atom. The summed E-state index contributed by atoms with van der Waals surface area (Å²) in [5, 5.41) is 13.9. The molecule has 2 saturated heterocycles. The summed E-state index contributed by atoms with van der Waals surface area (Å²) in [4.78, 5) is 0. The zero-order valence-corrected chi connectivity index (χ0v) is 12.3. The standard InChI is InChI=1S/C16H25N3O2/c20-16(6-8-21-9-7-16)12-17-10-14-11-18-19-15(14)13-4-2-1-3-5-13/h1-5,14-15,17-20H,6-12H2. The molecule has 0 bridgehead atoms. The van der Waals surface area contributed by atoms with Crippen molar-refractivity contribution in [2.75, 3.05) is 32.8 Å². The molecule has 2 atom stereocenters. The second-order valence-electron chi connectivity index (χ2n) is 6.14. The van der Waals surface area contributed by atoms with E-state index >= 15 is 0 Å². The average molecular weight is 291 g/mol. The number of ether oxygens (including phenoxy) is 1. The average Bonchev–Trinajstić information content (AvgIpc) is 2.97. The molecule has 0 aromatic heterocycles. The molecule has 2 unspecified atom stereocenters. The van der Waals surface area contributed by atoms with E-state index < -0.39 is 5.60 Å². The molecular formula is C16H25N3O2. The fourth-order valence-corrected chi connectivity index (χ4v) is 3.16. The van der Waals surface area contributed by atoms with Crippen LogP contribution in [0.25, 0.3) is 0 Å². The van der Waals surface area contributed by atoms with E-state index in [1.807, 2.05) is 6.07 Å². The molecule has 0 amide bonds. The summed E-state index contributed by atoms with van der Waals surface area (Å²) in [7, 11) is 0. The van der Waals surface area contributed by atoms with Crippen LogP contribution in [0.3, 0.4) is 0 Å². The van der Waals surface area contributed by atoms with E-state index in [-0.39, 0.29) is 0 Å². The van der Waals surface area contributed by atoms with Gasteiger partial charge in [-0.15, -0.1) is 0 Å². The molecule has 21 heavy (non-hydrogen) atoms. The van der Waals surface area contributed by atoms with E-state index in [1.165, 1.54) is 5.56 Å². The molecule has 0 radical (unpaired) electrons. The van der Waals surface area contributed by atoms with E-state index in [0.29, 0.717) is 31.7 Å². The molecule has 0 spiro atoms. The van der Waals surface area contributed by atoms with Gasteiger partial charge < -0.3 is 15.2 Å². The van der Waals surface area contributed by atoms with E-state index in [1.54, 1.807) is 0 Å². The lowest BCUT2D eigenvalue weighted by atomic mass is 9.92. The van der Waals surface area contributed by atoms with Gasteiger partial charge in [0.1, 0.15) is 0 Å². The van der Waals surface area contributed by atoms with E-state index in [4.69, 9.17) is 4.74 Å². The maximum absolute atomic E-state index is 10.5. The molecule has 2 aliphatic heterocycles. The maximum atomic E-state index is 10.5. The lowest BCUT2D eigenvalue weighted by Crippen LogP contribution is -2.46. The van der Waals surface area contributed by atoms with Crippen LogP contribution in [0, 0.1) is 5.92 Å². The molecule has 2 aliphatic rings. The van der Waals surface area contributed by atoms with Crippen LogP contribution in [0.5, 0.6) is 0 Å². The van der Waals surface area contributed by atoms with Crippen molar-refractivity contribution >= 4 is 0 Å². The van der Waals surface area contributed by atoms with Crippen LogP contribution in [-0.2, 0) is 4.74 Å². The summed E-state index contributed by atoms with van der Waals surface area (Å²) in [5.41, 5.74) is 7.30. The Labute approximate surface area is 126 Å².